The van der Waals surface area contributed by atoms with Crippen LogP contribution in [0.2, 0.25) is 0 Å². The van der Waals surface area contributed by atoms with Gasteiger partial charge in [-0.15, -0.1) is 0 Å². The van der Waals surface area contributed by atoms with Crippen LogP contribution in [0.3, 0.4) is 0 Å². The second kappa shape index (κ2) is 61.6. The van der Waals surface area contributed by atoms with E-state index < -0.39 is 26.5 Å². The number of phosphoric ester groups is 1. The second-order valence-electron chi connectivity index (χ2n) is 25.6. The molecule has 0 aromatic carbocycles. The fourth-order valence-electron chi connectivity index (χ4n) is 11.0. The average Bonchev–Trinajstić information content (AvgIpc) is 3.41. The van der Waals surface area contributed by atoms with Crippen molar-refractivity contribution in [3.05, 3.63) is 0 Å². The predicted octanol–water partition coefficient (Wildman–Crippen LogP) is 22.6. The van der Waals surface area contributed by atoms with Crippen LogP contribution in [0.1, 0.15) is 380 Å². The minimum atomic E-state index is -4.38. The van der Waals surface area contributed by atoms with Crippen LogP contribution in [0.4, 0.5) is 0 Å². The van der Waals surface area contributed by atoms with Crippen LogP contribution >= 0.6 is 7.82 Å². The van der Waals surface area contributed by atoms with Gasteiger partial charge in [-0.25, -0.2) is 4.57 Å². The zero-order valence-corrected chi connectivity index (χ0v) is 54.8. The summed E-state index contributed by atoms with van der Waals surface area (Å²) < 4.78 is 34.7. The molecule has 0 aromatic heterocycles. The van der Waals surface area contributed by atoms with Crippen molar-refractivity contribution in [2.45, 2.75) is 386 Å². The van der Waals surface area contributed by atoms with Crippen molar-refractivity contribution in [2.75, 3.05) is 47.5 Å². The van der Waals surface area contributed by atoms with Crippen molar-refractivity contribution < 1.29 is 42.1 Å². The number of ether oxygens (including phenoxy) is 2. The Hall–Kier alpha value is -0.990. The first-order valence-electron chi connectivity index (χ1n) is 35.3. The number of esters is 2. The normalized spacial score (nSPS) is 13.0. The maximum Gasteiger partial charge on any atom is 0.472 e. The predicted molar refractivity (Wildman–Crippen MR) is 340 cm³/mol. The Morgan fingerprint density at radius 3 is 0.810 bits per heavy atom. The van der Waals surface area contributed by atoms with Gasteiger partial charge in [-0.3, -0.25) is 18.6 Å². The maximum absolute atomic E-state index is 12.9. The summed E-state index contributed by atoms with van der Waals surface area (Å²) in [6.07, 6.45) is 73.7. The first-order valence-corrected chi connectivity index (χ1v) is 36.8. The number of phosphoric acid groups is 1. The number of rotatable bonds is 67. The number of nitrogens with zero attached hydrogens (tertiary/aromatic N) is 1. The molecule has 0 bridgehead atoms. The van der Waals surface area contributed by atoms with Crippen LogP contribution in [0.25, 0.3) is 0 Å². The standard InChI is InChI=1S/C69H138NO8P/c1-6-8-10-12-14-16-18-20-22-24-26-27-28-29-30-31-32-33-34-35-36-37-38-39-40-41-42-44-46-48-50-52-54-56-58-60-62-69(72)78-67(66-77-79(73,74)76-64-63-70(3,4)5)65-75-68(71)61-59-57-55-53-51-49-47-45-43-25-23-21-19-17-15-13-11-9-7-2/h67H,6-66H2,1-5H3/p+1. The van der Waals surface area contributed by atoms with Crippen molar-refractivity contribution >= 4 is 19.8 Å². The quantitative estimate of drug-likeness (QED) is 0.0278. The van der Waals surface area contributed by atoms with Crippen molar-refractivity contribution in [3.63, 3.8) is 0 Å². The highest BCUT2D eigenvalue weighted by molar-refractivity contribution is 7.47. The molecule has 0 aliphatic rings. The van der Waals surface area contributed by atoms with E-state index in [1.165, 1.54) is 315 Å². The molecule has 2 atom stereocenters. The van der Waals surface area contributed by atoms with E-state index >= 15 is 0 Å². The van der Waals surface area contributed by atoms with Gasteiger partial charge in [0.1, 0.15) is 19.8 Å². The molecule has 0 radical (unpaired) electrons. The lowest BCUT2D eigenvalue weighted by Gasteiger charge is -2.24. The Bertz CT molecular complexity index is 1290. The Kier molecular flexibility index (Phi) is 60.8. The molecule has 0 aromatic rings. The van der Waals surface area contributed by atoms with E-state index in [-0.39, 0.29) is 25.6 Å². The van der Waals surface area contributed by atoms with Gasteiger partial charge in [-0.2, -0.15) is 0 Å². The summed E-state index contributed by atoms with van der Waals surface area (Å²) >= 11 is 0. The summed E-state index contributed by atoms with van der Waals surface area (Å²) in [4.78, 5) is 35.8. The molecule has 472 valence electrons. The van der Waals surface area contributed by atoms with E-state index in [1.54, 1.807) is 0 Å². The van der Waals surface area contributed by atoms with Gasteiger partial charge in [-0.05, 0) is 12.8 Å². The summed E-state index contributed by atoms with van der Waals surface area (Å²) in [5, 5.41) is 0. The lowest BCUT2D eigenvalue weighted by molar-refractivity contribution is -0.870. The highest BCUT2D eigenvalue weighted by Gasteiger charge is 2.27. The molecular weight excluding hydrogens is 1000 g/mol. The first kappa shape index (κ1) is 78.0. The molecule has 0 fully saturated rings. The molecule has 0 amide bonds. The van der Waals surface area contributed by atoms with Crippen LogP contribution < -0.4 is 0 Å². The number of hydrogen-bond acceptors (Lipinski definition) is 7. The van der Waals surface area contributed by atoms with Crippen LogP contribution in [-0.4, -0.2) is 74.9 Å². The molecule has 10 heteroatoms. The van der Waals surface area contributed by atoms with Gasteiger partial charge in [0.25, 0.3) is 0 Å². The number of unbranched alkanes of at least 4 members (excludes halogenated alkanes) is 53. The van der Waals surface area contributed by atoms with Gasteiger partial charge < -0.3 is 18.9 Å². The smallest absolute Gasteiger partial charge is 0.462 e. The maximum atomic E-state index is 12.9. The number of carbonyl (C=O) groups is 2. The molecule has 0 rings (SSSR count). The minimum Gasteiger partial charge on any atom is -0.462 e. The molecule has 2 unspecified atom stereocenters. The van der Waals surface area contributed by atoms with E-state index in [1.807, 2.05) is 21.1 Å². The summed E-state index contributed by atoms with van der Waals surface area (Å²) in [6, 6.07) is 0. The highest BCUT2D eigenvalue weighted by Crippen LogP contribution is 2.43. The molecule has 0 aliphatic carbocycles. The Labute approximate surface area is 493 Å². The SMILES string of the molecule is CCCCCCCCCCCCCCCCCCCCCCCCCCCCCCCCCCCCCCC(=O)OC(COC(=O)CCCCCCCCCCCCCCCCCCCCC)COP(=O)(O)OCC[N+](C)(C)C. The Balaban J connectivity index is 3.90. The van der Waals surface area contributed by atoms with Crippen LogP contribution in [0.15, 0.2) is 0 Å². The lowest BCUT2D eigenvalue weighted by Crippen LogP contribution is -2.37. The van der Waals surface area contributed by atoms with Crippen LogP contribution in [0.5, 0.6) is 0 Å². The summed E-state index contributed by atoms with van der Waals surface area (Å²) in [6.45, 7) is 4.53. The number of hydrogen-bond donors (Lipinski definition) is 1. The zero-order chi connectivity index (χ0) is 57.7. The van der Waals surface area contributed by atoms with E-state index in [9.17, 15) is 19.0 Å². The molecule has 79 heavy (non-hydrogen) atoms. The largest absolute Gasteiger partial charge is 0.472 e. The van der Waals surface area contributed by atoms with Crippen LogP contribution in [0, 0.1) is 0 Å². The summed E-state index contributed by atoms with van der Waals surface area (Å²) in [5.74, 6) is -0.769. The third kappa shape index (κ3) is 66.0. The zero-order valence-electron chi connectivity index (χ0n) is 53.9. The van der Waals surface area contributed by atoms with E-state index in [2.05, 4.69) is 13.8 Å². The molecule has 0 aliphatic heterocycles. The van der Waals surface area contributed by atoms with E-state index in [0.29, 0.717) is 17.4 Å². The topological polar surface area (TPSA) is 108 Å². The third-order valence-electron chi connectivity index (χ3n) is 16.4. The number of carbonyl (C=O) groups excluding carboxylic acids is 2. The monoisotopic (exact) mass is 1140 g/mol. The lowest BCUT2D eigenvalue weighted by atomic mass is 10.0. The fourth-order valence-corrected chi connectivity index (χ4v) is 11.7. The Morgan fingerprint density at radius 2 is 0.570 bits per heavy atom. The Morgan fingerprint density at radius 1 is 0.342 bits per heavy atom. The van der Waals surface area contributed by atoms with Gasteiger partial charge in [0.2, 0.25) is 0 Å². The molecule has 0 saturated heterocycles. The van der Waals surface area contributed by atoms with Crippen LogP contribution in [-0.2, 0) is 32.7 Å². The van der Waals surface area contributed by atoms with Gasteiger partial charge in [0.05, 0.1) is 27.7 Å². The molecule has 0 saturated carbocycles. The molecule has 9 nitrogen and oxygen atoms in total. The van der Waals surface area contributed by atoms with Gasteiger partial charge in [0, 0.05) is 12.8 Å². The van der Waals surface area contributed by atoms with Crippen molar-refractivity contribution in [3.8, 4) is 0 Å². The minimum absolute atomic E-state index is 0.0376. The van der Waals surface area contributed by atoms with Crippen molar-refractivity contribution in [1.82, 2.24) is 0 Å². The van der Waals surface area contributed by atoms with E-state index in [0.717, 1.165) is 38.5 Å². The molecule has 0 spiro atoms. The van der Waals surface area contributed by atoms with Crippen molar-refractivity contribution in [1.29, 1.82) is 0 Å². The second-order valence-corrected chi connectivity index (χ2v) is 27.1. The number of quaternary nitrogens is 1. The average molecular weight is 1140 g/mol. The molecular formula is C69H139NO8P+. The summed E-state index contributed by atoms with van der Waals surface area (Å²) in [5.41, 5.74) is 0. The molecule has 0 heterocycles. The van der Waals surface area contributed by atoms with E-state index in [4.69, 9.17) is 18.5 Å². The highest BCUT2D eigenvalue weighted by atomic mass is 31.2. The van der Waals surface area contributed by atoms with Gasteiger partial charge in [-0.1, -0.05) is 354 Å². The van der Waals surface area contributed by atoms with Gasteiger partial charge in [0.15, 0.2) is 6.10 Å². The van der Waals surface area contributed by atoms with Crippen molar-refractivity contribution in [2.24, 2.45) is 0 Å². The molecule has 1 N–H and O–H groups in total. The summed E-state index contributed by atoms with van der Waals surface area (Å²) in [7, 11) is 1.51. The third-order valence-corrected chi connectivity index (χ3v) is 17.4. The fraction of sp³-hybridized carbons (Fsp3) is 0.971. The number of likely N-dealkylation sites (N-methyl/N-ethyl adjacent to an activating group) is 1. The van der Waals surface area contributed by atoms with Gasteiger partial charge >= 0.3 is 19.8 Å². The first-order chi connectivity index (χ1) is 38.5.